The molecular formula is C20H17N5O3S. The van der Waals surface area contributed by atoms with E-state index in [1.165, 1.54) is 22.3 Å². The van der Waals surface area contributed by atoms with Crippen molar-refractivity contribution in [3.63, 3.8) is 0 Å². The molecule has 0 aromatic carbocycles. The van der Waals surface area contributed by atoms with E-state index < -0.39 is 5.91 Å². The summed E-state index contributed by atoms with van der Waals surface area (Å²) in [6.45, 7) is 0. The van der Waals surface area contributed by atoms with E-state index in [1.807, 2.05) is 17.5 Å². The van der Waals surface area contributed by atoms with Crippen LogP contribution in [0.25, 0.3) is 16.5 Å². The highest BCUT2D eigenvalue weighted by Crippen LogP contribution is 2.28. The number of furan rings is 1. The predicted molar refractivity (Wildman–Crippen MR) is 109 cm³/mol. The summed E-state index contributed by atoms with van der Waals surface area (Å²) < 4.78 is 6.64. The maximum absolute atomic E-state index is 12.6. The van der Waals surface area contributed by atoms with Crippen LogP contribution < -0.4 is 10.9 Å². The van der Waals surface area contributed by atoms with Gasteiger partial charge in [-0.05, 0) is 49.3 Å². The summed E-state index contributed by atoms with van der Waals surface area (Å²) in [5, 5.41) is 9.35. The second-order valence-corrected chi connectivity index (χ2v) is 7.70. The first kappa shape index (κ1) is 17.6. The fourth-order valence-corrected chi connectivity index (χ4v) is 4.13. The largest absolute Gasteiger partial charge is 0.459 e. The Balaban J connectivity index is 1.60. The molecule has 0 atom stereocenters. The third kappa shape index (κ3) is 3.29. The van der Waals surface area contributed by atoms with Crippen molar-refractivity contribution >= 4 is 23.1 Å². The van der Waals surface area contributed by atoms with Gasteiger partial charge in [0, 0.05) is 11.6 Å². The van der Waals surface area contributed by atoms with E-state index in [1.54, 1.807) is 18.2 Å². The summed E-state index contributed by atoms with van der Waals surface area (Å²) in [6.07, 6.45) is 4.93. The van der Waals surface area contributed by atoms with Gasteiger partial charge in [0.25, 0.3) is 11.5 Å². The number of rotatable bonds is 4. The van der Waals surface area contributed by atoms with Gasteiger partial charge in [-0.1, -0.05) is 6.07 Å². The van der Waals surface area contributed by atoms with Gasteiger partial charge in [0.2, 0.25) is 5.95 Å². The number of anilines is 1. The number of nitrogens with one attached hydrogen (secondary N) is 2. The Kier molecular flexibility index (Phi) is 4.36. The summed E-state index contributed by atoms with van der Waals surface area (Å²) in [7, 11) is 0. The maximum atomic E-state index is 12.6. The topological polar surface area (TPSA) is 106 Å². The number of thiophene rings is 1. The minimum atomic E-state index is -0.408. The molecule has 0 fully saturated rings. The number of hydrogen-bond acceptors (Lipinski definition) is 6. The molecule has 1 aliphatic rings. The molecule has 8 nitrogen and oxygen atoms in total. The molecule has 5 rings (SSSR count). The van der Waals surface area contributed by atoms with Crippen LogP contribution in [-0.4, -0.2) is 25.7 Å². The normalized spacial score (nSPS) is 13.2. The number of hydrogen-bond donors (Lipinski definition) is 2. The quantitative estimate of drug-likeness (QED) is 0.539. The van der Waals surface area contributed by atoms with Crippen molar-refractivity contribution in [1.29, 1.82) is 0 Å². The molecule has 4 aromatic heterocycles. The highest BCUT2D eigenvalue weighted by atomic mass is 32.1. The molecule has 4 aromatic rings. The second-order valence-electron chi connectivity index (χ2n) is 6.76. The molecule has 2 N–H and O–H groups in total. The van der Waals surface area contributed by atoms with Crippen LogP contribution in [-0.2, 0) is 12.8 Å². The molecule has 0 unspecified atom stereocenters. The van der Waals surface area contributed by atoms with Crippen LogP contribution >= 0.6 is 11.3 Å². The average Bonchev–Trinajstić information content (AvgIpc) is 3.48. The minimum absolute atomic E-state index is 0.152. The molecule has 1 amide bonds. The van der Waals surface area contributed by atoms with Gasteiger partial charge in [0.05, 0.1) is 16.8 Å². The van der Waals surface area contributed by atoms with E-state index in [0.29, 0.717) is 11.5 Å². The number of carbonyl (C=O) groups is 1. The zero-order valence-electron chi connectivity index (χ0n) is 15.3. The van der Waals surface area contributed by atoms with Gasteiger partial charge in [-0.2, -0.15) is 9.78 Å². The molecule has 0 saturated heterocycles. The van der Waals surface area contributed by atoms with E-state index in [2.05, 4.69) is 20.4 Å². The number of H-pyrrole nitrogens is 1. The number of nitrogens with zero attached hydrogens (tertiary/aromatic N) is 3. The number of amides is 1. The fourth-order valence-electron chi connectivity index (χ4n) is 3.45. The Morgan fingerprint density at radius 1 is 1.24 bits per heavy atom. The third-order valence-corrected chi connectivity index (χ3v) is 5.74. The Morgan fingerprint density at radius 3 is 2.93 bits per heavy atom. The van der Waals surface area contributed by atoms with Gasteiger partial charge in [-0.15, -0.1) is 11.3 Å². The van der Waals surface area contributed by atoms with Crippen molar-refractivity contribution < 1.29 is 9.21 Å². The summed E-state index contributed by atoms with van der Waals surface area (Å²) in [5.41, 5.74) is 2.06. The average molecular weight is 407 g/mol. The van der Waals surface area contributed by atoms with Crippen molar-refractivity contribution in [2.24, 2.45) is 0 Å². The first-order valence-electron chi connectivity index (χ1n) is 9.30. The molecule has 146 valence electrons. The number of aryl methyl sites for hydroxylation is 1. The number of aromatic nitrogens is 4. The minimum Gasteiger partial charge on any atom is -0.459 e. The Labute approximate surface area is 169 Å². The van der Waals surface area contributed by atoms with Gasteiger partial charge in [0.15, 0.2) is 5.76 Å². The van der Waals surface area contributed by atoms with Crippen LogP contribution in [0.4, 0.5) is 5.82 Å². The van der Waals surface area contributed by atoms with Crippen molar-refractivity contribution in [2.75, 3.05) is 5.32 Å². The van der Waals surface area contributed by atoms with E-state index in [-0.39, 0.29) is 17.3 Å². The molecule has 1 aliphatic carbocycles. The zero-order chi connectivity index (χ0) is 19.8. The van der Waals surface area contributed by atoms with Crippen LogP contribution in [0.2, 0.25) is 0 Å². The van der Waals surface area contributed by atoms with Crippen molar-refractivity contribution in [3.05, 3.63) is 69.3 Å². The molecule has 29 heavy (non-hydrogen) atoms. The van der Waals surface area contributed by atoms with Gasteiger partial charge >= 0.3 is 0 Å². The SMILES string of the molecule is O=C(Nc1cc(-c2cccs2)nn1-c1nc2c(c(=O)[nH]1)CCCC2)c1ccco1. The Hall–Kier alpha value is -3.46. The van der Waals surface area contributed by atoms with E-state index >= 15 is 0 Å². The predicted octanol–water partition coefficient (Wildman–Crippen LogP) is 3.41. The van der Waals surface area contributed by atoms with Crippen molar-refractivity contribution in [3.8, 4) is 16.5 Å². The lowest BCUT2D eigenvalue weighted by Crippen LogP contribution is -2.24. The van der Waals surface area contributed by atoms with E-state index in [4.69, 9.17) is 4.42 Å². The van der Waals surface area contributed by atoms with Crippen molar-refractivity contribution in [1.82, 2.24) is 19.7 Å². The summed E-state index contributed by atoms with van der Waals surface area (Å²) in [6, 6.07) is 8.85. The highest BCUT2D eigenvalue weighted by Gasteiger charge is 2.21. The summed E-state index contributed by atoms with van der Waals surface area (Å²) in [5.74, 6) is 0.457. The van der Waals surface area contributed by atoms with Crippen LogP contribution in [0.3, 0.4) is 0 Å². The first-order valence-corrected chi connectivity index (χ1v) is 10.2. The number of fused-ring (bicyclic) bond motifs is 1. The lowest BCUT2D eigenvalue weighted by Gasteiger charge is -2.15. The van der Waals surface area contributed by atoms with Gasteiger partial charge in [-0.25, -0.2) is 4.98 Å². The molecule has 9 heteroatoms. The molecule has 0 spiro atoms. The number of aromatic amines is 1. The summed E-state index contributed by atoms with van der Waals surface area (Å²) in [4.78, 5) is 33.5. The lowest BCUT2D eigenvalue weighted by atomic mass is 9.97. The third-order valence-electron chi connectivity index (χ3n) is 4.85. The molecule has 0 radical (unpaired) electrons. The molecule has 0 aliphatic heterocycles. The molecule has 4 heterocycles. The Bertz CT molecular complexity index is 1220. The summed E-state index contributed by atoms with van der Waals surface area (Å²) >= 11 is 1.54. The van der Waals surface area contributed by atoms with Crippen molar-refractivity contribution in [2.45, 2.75) is 25.7 Å². The van der Waals surface area contributed by atoms with E-state index in [9.17, 15) is 9.59 Å². The van der Waals surface area contributed by atoms with Gasteiger partial charge in [-0.3, -0.25) is 14.6 Å². The molecular weight excluding hydrogens is 390 g/mol. The number of carbonyl (C=O) groups excluding carboxylic acids is 1. The first-order chi connectivity index (χ1) is 14.2. The monoisotopic (exact) mass is 407 g/mol. The zero-order valence-corrected chi connectivity index (χ0v) is 16.2. The van der Waals surface area contributed by atoms with Crippen LogP contribution in [0.5, 0.6) is 0 Å². The van der Waals surface area contributed by atoms with Crippen LogP contribution in [0.15, 0.2) is 51.2 Å². The molecule has 0 bridgehead atoms. The second kappa shape index (κ2) is 7.17. The molecule has 0 saturated carbocycles. The highest BCUT2D eigenvalue weighted by molar-refractivity contribution is 7.13. The maximum Gasteiger partial charge on any atom is 0.292 e. The van der Waals surface area contributed by atoms with Gasteiger partial charge < -0.3 is 9.73 Å². The fraction of sp³-hybridized carbons (Fsp3) is 0.200. The van der Waals surface area contributed by atoms with Crippen LogP contribution in [0, 0.1) is 0 Å². The Morgan fingerprint density at radius 2 is 2.14 bits per heavy atom. The van der Waals surface area contributed by atoms with E-state index in [0.717, 1.165) is 41.8 Å². The van der Waals surface area contributed by atoms with Crippen LogP contribution in [0.1, 0.15) is 34.7 Å². The smallest absolute Gasteiger partial charge is 0.292 e. The van der Waals surface area contributed by atoms with Gasteiger partial charge in [0.1, 0.15) is 11.5 Å². The standard InChI is InChI=1S/C20H17N5O3S/c26-18-12-5-1-2-6-13(12)21-20(23-18)25-17(22-19(27)15-7-3-9-28-15)11-14(24-25)16-8-4-10-29-16/h3-4,7-11H,1-2,5-6H2,(H,22,27)(H,21,23,26). The lowest BCUT2D eigenvalue weighted by molar-refractivity contribution is 0.0996.